The van der Waals surface area contributed by atoms with Crippen molar-refractivity contribution in [1.82, 2.24) is 4.98 Å². The molecule has 0 saturated carbocycles. The molecule has 7 heteroatoms. The maximum atomic E-state index is 12.3. The number of hydrogen-bond acceptors (Lipinski definition) is 4. The minimum absolute atomic E-state index is 0.435. The molecular weight excluding hydrogens is 212 g/mol. The molecule has 1 rings (SSSR count). The van der Waals surface area contributed by atoms with Crippen molar-refractivity contribution < 1.29 is 23.4 Å². The van der Waals surface area contributed by atoms with Crippen LogP contribution in [0.2, 0.25) is 0 Å². The van der Waals surface area contributed by atoms with Crippen molar-refractivity contribution in [3.8, 4) is 5.75 Å². The lowest BCUT2D eigenvalue weighted by molar-refractivity contribution is 0.0592. The quantitative estimate of drug-likeness (QED) is 0.721. The van der Waals surface area contributed by atoms with Gasteiger partial charge in [0, 0.05) is 6.07 Å². The number of hydrogen-bond donors (Lipinski definition) is 2. The van der Waals surface area contributed by atoms with Crippen molar-refractivity contribution in [3.63, 3.8) is 0 Å². The largest absolute Gasteiger partial charge is 0.503 e. The molecule has 0 aliphatic carbocycles. The van der Waals surface area contributed by atoms with Crippen molar-refractivity contribution in [2.75, 3.05) is 7.11 Å². The highest BCUT2D eigenvalue weighted by Crippen LogP contribution is 2.22. The minimum atomic E-state index is -3.08. The van der Waals surface area contributed by atoms with E-state index < -0.39 is 35.0 Å². The molecule has 1 heterocycles. The number of methoxy groups -OCH3 is 1. The monoisotopic (exact) mass is 219 g/mol. The summed E-state index contributed by atoms with van der Waals surface area (Å²) in [5.41, 5.74) is -2.50. The molecule has 0 unspecified atom stereocenters. The summed E-state index contributed by atoms with van der Waals surface area (Å²) >= 11 is 0. The van der Waals surface area contributed by atoms with Crippen LogP contribution in [0.4, 0.5) is 8.78 Å². The van der Waals surface area contributed by atoms with Gasteiger partial charge in [-0.3, -0.25) is 4.79 Å². The fraction of sp³-hybridized carbons (Fsp3) is 0.250. The third-order valence-corrected chi connectivity index (χ3v) is 1.66. The Labute approximate surface area is 82.3 Å². The number of halogens is 2. The summed E-state index contributed by atoms with van der Waals surface area (Å²) < 4.78 is 28.8. The van der Waals surface area contributed by atoms with Crippen molar-refractivity contribution in [2.45, 2.75) is 6.43 Å². The van der Waals surface area contributed by atoms with E-state index in [0.29, 0.717) is 6.07 Å². The Morgan fingerprint density at radius 3 is 2.67 bits per heavy atom. The molecule has 0 fully saturated rings. The fourth-order valence-corrected chi connectivity index (χ4v) is 0.950. The van der Waals surface area contributed by atoms with Crippen LogP contribution in [0.25, 0.3) is 0 Å². The Morgan fingerprint density at radius 1 is 1.60 bits per heavy atom. The van der Waals surface area contributed by atoms with Gasteiger partial charge in [-0.15, -0.1) is 0 Å². The summed E-state index contributed by atoms with van der Waals surface area (Å²) in [7, 11) is 1.04. The topological polar surface area (TPSA) is 79.4 Å². The number of rotatable bonds is 2. The number of pyridine rings is 1. The van der Waals surface area contributed by atoms with Crippen LogP contribution in [0.1, 0.15) is 22.6 Å². The van der Waals surface area contributed by atoms with Gasteiger partial charge in [-0.2, -0.15) is 0 Å². The molecule has 0 aliphatic rings. The molecule has 2 N–H and O–H groups in total. The standard InChI is InChI=1S/C8H7F2NO4/c1-15-8(14)3-2-4(12)6(13)5(11-3)7(9)10/h2,7,13H,1H3,(H,11,12). The van der Waals surface area contributed by atoms with Crippen LogP contribution < -0.4 is 5.43 Å². The zero-order valence-corrected chi connectivity index (χ0v) is 7.58. The lowest BCUT2D eigenvalue weighted by Crippen LogP contribution is -2.13. The number of carbonyl (C=O) groups excluding carboxylic acids is 1. The summed E-state index contributed by atoms with van der Waals surface area (Å²) in [6.45, 7) is 0. The molecule has 0 aromatic carbocycles. The number of esters is 1. The smallest absolute Gasteiger partial charge is 0.354 e. The second-order valence-electron chi connectivity index (χ2n) is 2.60. The van der Waals surface area contributed by atoms with Gasteiger partial charge < -0.3 is 14.8 Å². The number of aromatic amines is 1. The second-order valence-corrected chi connectivity index (χ2v) is 2.60. The van der Waals surface area contributed by atoms with Crippen molar-refractivity contribution in [2.24, 2.45) is 0 Å². The van der Waals surface area contributed by atoms with Crippen molar-refractivity contribution >= 4 is 5.97 Å². The van der Waals surface area contributed by atoms with Gasteiger partial charge in [-0.25, -0.2) is 13.6 Å². The first-order chi connectivity index (χ1) is 6.97. The van der Waals surface area contributed by atoms with Crippen LogP contribution in [0, 0.1) is 0 Å². The second kappa shape index (κ2) is 4.07. The molecule has 0 bridgehead atoms. The number of carbonyl (C=O) groups is 1. The molecule has 82 valence electrons. The van der Waals surface area contributed by atoms with Crippen molar-refractivity contribution in [1.29, 1.82) is 0 Å². The Morgan fingerprint density at radius 2 is 2.20 bits per heavy atom. The van der Waals surface area contributed by atoms with E-state index in [2.05, 4.69) is 4.74 Å². The molecule has 0 atom stereocenters. The number of aromatic hydroxyl groups is 1. The van der Waals surface area contributed by atoms with Crippen LogP contribution in [-0.4, -0.2) is 23.2 Å². The highest BCUT2D eigenvalue weighted by atomic mass is 19.3. The zero-order chi connectivity index (χ0) is 11.6. The number of aromatic nitrogens is 1. The van der Waals surface area contributed by atoms with Gasteiger partial charge >= 0.3 is 5.97 Å². The number of alkyl halides is 2. The molecule has 0 saturated heterocycles. The lowest BCUT2D eigenvalue weighted by Gasteiger charge is -2.05. The van der Waals surface area contributed by atoms with Crippen LogP contribution >= 0.6 is 0 Å². The molecule has 1 aromatic rings. The SMILES string of the molecule is COC(=O)c1cc(=O)c(O)c(C(F)F)[nH]1. The summed E-state index contributed by atoms with van der Waals surface area (Å²) in [5.74, 6) is -2.06. The van der Waals surface area contributed by atoms with E-state index in [-0.39, 0.29) is 0 Å². The van der Waals surface area contributed by atoms with E-state index in [1.165, 1.54) is 0 Å². The third kappa shape index (κ3) is 2.12. The highest BCUT2D eigenvalue weighted by Gasteiger charge is 2.19. The van der Waals surface area contributed by atoms with E-state index in [1.54, 1.807) is 0 Å². The summed E-state index contributed by atoms with van der Waals surface area (Å²) in [4.78, 5) is 23.8. The predicted octanol–water partition coefficient (Wildman–Crippen LogP) is 0.805. The van der Waals surface area contributed by atoms with E-state index >= 15 is 0 Å². The third-order valence-electron chi connectivity index (χ3n) is 1.66. The average Bonchev–Trinajstić information content (AvgIpc) is 2.20. The Hall–Kier alpha value is -1.92. The summed E-state index contributed by atoms with van der Waals surface area (Å²) in [6.07, 6.45) is -3.08. The molecule has 0 amide bonds. The Bertz CT molecular complexity index is 441. The van der Waals surface area contributed by atoms with E-state index in [0.717, 1.165) is 7.11 Å². The van der Waals surface area contributed by atoms with Gasteiger partial charge in [0.05, 0.1) is 7.11 Å². The number of H-pyrrole nitrogens is 1. The number of ether oxygens (including phenoxy) is 1. The summed E-state index contributed by atoms with van der Waals surface area (Å²) in [5, 5.41) is 8.97. The van der Waals surface area contributed by atoms with Gasteiger partial charge in [-0.1, -0.05) is 0 Å². The molecule has 0 aliphatic heterocycles. The van der Waals surface area contributed by atoms with Gasteiger partial charge in [0.2, 0.25) is 5.43 Å². The molecule has 5 nitrogen and oxygen atoms in total. The molecule has 1 aromatic heterocycles. The van der Waals surface area contributed by atoms with Crippen LogP contribution in [0.5, 0.6) is 5.75 Å². The minimum Gasteiger partial charge on any atom is -0.503 e. The predicted molar refractivity (Wildman–Crippen MR) is 45.0 cm³/mol. The lowest BCUT2D eigenvalue weighted by atomic mass is 10.2. The number of nitrogens with one attached hydrogen (secondary N) is 1. The zero-order valence-electron chi connectivity index (χ0n) is 7.58. The normalized spacial score (nSPS) is 10.4. The average molecular weight is 219 g/mol. The molecular formula is C8H7F2NO4. The van der Waals surface area contributed by atoms with E-state index in [4.69, 9.17) is 5.11 Å². The Kier molecular flexibility index (Phi) is 3.03. The Balaban J connectivity index is 3.36. The van der Waals surface area contributed by atoms with E-state index in [9.17, 15) is 18.4 Å². The van der Waals surface area contributed by atoms with Gasteiger partial charge in [0.15, 0.2) is 5.75 Å². The van der Waals surface area contributed by atoms with Crippen LogP contribution in [0.15, 0.2) is 10.9 Å². The van der Waals surface area contributed by atoms with Gasteiger partial charge in [0.1, 0.15) is 11.4 Å². The van der Waals surface area contributed by atoms with Crippen LogP contribution in [0.3, 0.4) is 0 Å². The first-order valence-corrected chi connectivity index (χ1v) is 3.80. The summed E-state index contributed by atoms with van der Waals surface area (Å²) in [6, 6.07) is 0.688. The maximum absolute atomic E-state index is 12.3. The molecule has 0 spiro atoms. The first-order valence-electron chi connectivity index (χ1n) is 3.80. The highest BCUT2D eigenvalue weighted by molar-refractivity contribution is 5.87. The van der Waals surface area contributed by atoms with Gasteiger partial charge in [0.25, 0.3) is 6.43 Å². The van der Waals surface area contributed by atoms with Gasteiger partial charge in [-0.05, 0) is 0 Å². The van der Waals surface area contributed by atoms with Crippen molar-refractivity contribution in [3.05, 3.63) is 27.7 Å². The van der Waals surface area contributed by atoms with E-state index in [1.807, 2.05) is 4.98 Å². The fourth-order valence-electron chi connectivity index (χ4n) is 0.950. The molecule has 15 heavy (non-hydrogen) atoms. The molecule has 0 radical (unpaired) electrons. The first kappa shape index (κ1) is 11.2. The maximum Gasteiger partial charge on any atom is 0.354 e. The van der Waals surface area contributed by atoms with Crippen LogP contribution in [-0.2, 0) is 4.74 Å².